The zero-order valence-electron chi connectivity index (χ0n) is 19.8. The molecule has 13 heteroatoms. The molecule has 3 amide bonds. The van der Waals surface area contributed by atoms with Gasteiger partial charge in [-0.15, -0.1) is 0 Å². The number of nitrogens with zero attached hydrogens (tertiary/aromatic N) is 3. The molecule has 2 aromatic carbocycles. The number of benzene rings is 2. The Kier molecular flexibility index (Phi) is 7.84. The lowest BCUT2D eigenvalue weighted by Gasteiger charge is -2.37. The molecule has 10 nitrogen and oxygen atoms in total. The Hall–Kier alpha value is -4.42. The number of allylic oxidation sites excluding steroid dienone is 1. The van der Waals surface area contributed by atoms with Crippen LogP contribution in [0.5, 0.6) is 0 Å². The first-order chi connectivity index (χ1) is 17.3. The Morgan fingerprint density at radius 2 is 1.86 bits per heavy atom. The van der Waals surface area contributed by atoms with Crippen LogP contribution in [-0.4, -0.2) is 57.9 Å². The Morgan fingerprint density at radius 3 is 2.49 bits per heavy atom. The minimum atomic E-state index is -4.61. The summed E-state index contributed by atoms with van der Waals surface area (Å²) in [5.74, 6) is -1.98. The SMILES string of the molecule is CC1=C(C(=O)O)C(c2cccc([N+](=O)[O-])c2)N(CCCN(C)C(=O)c2cccc(C(F)(F)F)c2)C(=O)N1. The number of carbonyl (C=O) groups is 3. The van der Waals surface area contributed by atoms with Gasteiger partial charge in [0.05, 0.1) is 22.1 Å². The van der Waals surface area contributed by atoms with E-state index < -0.39 is 40.6 Å². The van der Waals surface area contributed by atoms with Crippen LogP contribution >= 0.6 is 0 Å². The third kappa shape index (κ3) is 6.05. The highest BCUT2D eigenvalue weighted by molar-refractivity contribution is 5.94. The van der Waals surface area contributed by atoms with Gasteiger partial charge in [-0.1, -0.05) is 18.2 Å². The van der Waals surface area contributed by atoms with Gasteiger partial charge in [0.25, 0.3) is 11.6 Å². The number of amides is 3. The molecule has 2 aromatic rings. The van der Waals surface area contributed by atoms with Crippen LogP contribution in [-0.2, 0) is 11.0 Å². The molecule has 0 aliphatic carbocycles. The molecule has 37 heavy (non-hydrogen) atoms. The standard InChI is InChI=1S/C24H23F3N4O6/c1-14-19(22(33)34)20(15-6-4-9-18(13-15)31(36)37)30(23(35)28-14)11-5-10-29(2)21(32)16-7-3-8-17(12-16)24(25,26)27/h3-4,6-9,12-13,20H,5,10-11H2,1-2H3,(H,28,35)(H,33,34). The summed E-state index contributed by atoms with van der Waals surface area (Å²) in [6.07, 6.45) is -4.46. The fourth-order valence-corrected chi connectivity index (χ4v) is 4.07. The van der Waals surface area contributed by atoms with Crippen LogP contribution in [0, 0.1) is 10.1 Å². The van der Waals surface area contributed by atoms with Crippen molar-refractivity contribution in [1.29, 1.82) is 0 Å². The highest BCUT2D eigenvalue weighted by Crippen LogP contribution is 2.35. The molecular weight excluding hydrogens is 497 g/mol. The molecule has 0 bridgehead atoms. The molecule has 1 unspecified atom stereocenters. The van der Waals surface area contributed by atoms with Crippen LogP contribution in [0.1, 0.15) is 40.9 Å². The Balaban J connectivity index is 1.81. The fraction of sp³-hybridized carbons (Fsp3) is 0.292. The molecule has 1 atom stereocenters. The lowest BCUT2D eigenvalue weighted by molar-refractivity contribution is -0.384. The summed E-state index contributed by atoms with van der Waals surface area (Å²) in [7, 11) is 1.39. The normalized spacial score (nSPS) is 15.9. The number of nitro groups is 1. The molecule has 0 saturated heterocycles. The highest BCUT2D eigenvalue weighted by atomic mass is 19.4. The van der Waals surface area contributed by atoms with Crippen molar-refractivity contribution < 1.29 is 37.6 Å². The second kappa shape index (κ2) is 10.7. The van der Waals surface area contributed by atoms with Crippen LogP contribution in [0.25, 0.3) is 0 Å². The first kappa shape index (κ1) is 27.2. The minimum absolute atomic E-state index is 0.0334. The van der Waals surface area contributed by atoms with E-state index in [1.807, 2.05) is 0 Å². The van der Waals surface area contributed by atoms with Gasteiger partial charge in [-0.25, -0.2) is 9.59 Å². The van der Waals surface area contributed by atoms with Gasteiger partial charge in [0.15, 0.2) is 0 Å². The zero-order chi connectivity index (χ0) is 27.5. The van der Waals surface area contributed by atoms with Gasteiger partial charge in [-0.3, -0.25) is 14.9 Å². The van der Waals surface area contributed by atoms with Gasteiger partial charge >= 0.3 is 18.2 Å². The van der Waals surface area contributed by atoms with Crippen LogP contribution < -0.4 is 5.32 Å². The zero-order valence-corrected chi connectivity index (χ0v) is 19.8. The van der Waals surface area contributed by atoms with Crippen molar-refractivity contribution in [3.63, 3.8) is 0 Å². The van der Waals surface area contributed by atoms with E-state index in [0.29, 0.717) is 0 Å². The van der Waals surface area contributed by atoms with Crippen molar-refractivity contribution in [2.45, 2.75) is 25.6 Å². The molecule has 1 heterocycles. The lowest BCUT2D eigenvalue weighted by Crippen LogP contribution is -2.49. The number of nitro benzene ring substituents is 1. The number of carboxylic acid groups (broad SMARTS) is 1. The number of aliphatic carboxylic acids is 1. The second-order valence-electron chi connectivity index (χ2n) is 8.38. The van der Waals surface area contributed by atoms with Crippen molar-refractivity contribution >= 4 is 23.6 Å². The summed E-state index contributed by atoms with van der Waals surface area (Å²) in [5, 5.41) is 23.5. The first-order valence-electron chi connectivity index (χ1n) is 11.0. The van der Waals surface area contributed by atoms with Gasteiger partial charge in [0, 0.05) is 43.5 Å². The number of hydrogen-bond acceptors (Lipinski definition) is 5. The number of urea groups is 1. The maximum Gasteiger partial charge on any atom is 0.416 e. The summed E-state index contributed by atoms with van der Waals surface area (Å²) in [5.41, 5.74) is -1.27. The molecule has 0 radical (unpaired) electrons. The maximum absolute atomic E-state index is 13.0. The van der Waals surface area contributed by atoms with Crippen molar-refractivity contribution in [2.24, 2.45) is 0 Å². The molecule has 0 aromatic heterocycles. The van der Waals surface area contributed by atoms with E-state index in [9.17, 15) is 42.8 Å². The number of halogens is 3. The molecule has 3 rings (SSSR count). The minimum Gasteiger partial charge on any atom is -0.478 e. The summed E-state index contributed by atoms with van der Waals surface area (Å²) >= 11 is 0. The van der Waals surface area contributed by atoms with Gasteiger partial charge in [0.2, 0.25) is 0 Å². The van der Waals surface area contributed by atoms with Crippen LogP contribution in [0.3, 0.4) is 0 Å². The fourth-order valence-electron chi connectivity index (χ4n) is 4.07. The number of rotatable bonds is 8. The Labute approximate surface area is 209 Å². The van der Waals surface area contributed by atoms with E-state index in [1.165, 1.54) is 54.1 Å². The van der Waals surface area contributed by atoms with Crippen molar-refractivity contribution in [2.75, 3.05) is 20.1 Å². The summed E-state index contributed by atoms with van der Waals surface area (Å²) in [4.78, 5) is 50.5. The van der Waals surface area contributed by atoms with Crippen LogP contribution in [0.4, 0.5) is 23.7 Å². The van der Waals surface area contributed by atoms with E-state index in [0.717, 1.165) is 18.2 Å². The average Bonchev–Trinajstić information content (AvgIpc) is 2.83. The number of hydrogen-bond donors (Lipinski definition) is 2. The molecule has 1 aliphatic rings. The first-order valence-corrected chi connectivity index (χ1v) is 11.0. The third-order valence-electron chi connectivity index (χ3n) is 5.85. The Morgan fingerprint density at radius 1 is 1.19 bits per heavy atom. The molecule has 0 fully saturated rings. The monoisotopic (exact) mass is 520 g/mol. The third-order valence-corrected chi connectivity index (χ3v) is 5.85. The molecule has 0 saturated carbocycles. The molecular formula is C24H23F3N4O6. The number of non-ortho nitro benzene ring substituents is 1. The predicted molar refractivity (Wildman–Crippen MR) is 124 cm³/mol. The van der Waals surface area contributed by atoms with Crippen molar-refractivity contribution in [3.8, 4) is 0 Å². The van der Waals surface area contributed by atoms with Gasteiger partial charge in [-0.05, 0) is 37.1 Å². The lowest BCUT2D eigenvalue weighted by atomic mass is 9.93. The van der Waals surface area contributed by atoms with E-state index in [-0.39, 0.29) is 47.6 Å². The van der Waals surface area contributed by atoms with E-state index in [4.69, 9.17) is 0 Å². The number of nitrogens with one attached hydrogen (secondary N) is 1. The largest absolute Gasteiger partial charge is 0.478 e. The van der Waals surface area contributed by atoms with Crippen molar-refractivity contribution in [1.82, 2.24) is 15.1 Å². The van der Waals surface area contributed by atoms with Crippen LogP contribution in [0.15, 0.2) is 59.8 Å². The molecule has 0 spiro atoms. The van der Waals surface area contributed by atoms with Crippen molar-refractivity contribution in [3.05, 3.63) is 86.6 Å². The summed E-state index contributed by atoms with van der Waals surface area (Å²) < 4.78 is 39.0. The van der Waals surface area contributed by atoms with Gasteiger partial charge < -0.3 is 20.2 Å². The molecule has 2 N–H and O–H groups in total. The Bertz CT molecular complexity index is 1280. The van der Waals surface area contributed by atoms with E-state index in [1.54, 1.807) is 0 Å². The molecule has 196 valence electrons. The number of carbonyl (C=O) groups excluding carboxylic acids is 2. The maximum atomic E-state index is 13.0. The summed E-state index contributed by atoms with van der Waals surface area (Å²) in [6.45, 7) is 1.39. The number of alkyl halides is 3. The predicted octanol–water partition coefficient (Wildman–Crippen LogP) is 4.20. The van der Waals surface area contributed by atoms with E-state index >= 15 is 0 Å². The van der Waals surface area contributed by atoms with E-state index in [2.05, 4.69) is 5.32 Å². The second-order valence-corrected chi connectivity index (χ2v) is 8.38. The van der Waals surface area contributed by atoms with Crippen LogP contribution in [0.2, 0.25) is 0 Å². The smallest absolute Gasteiger partial charge is 0.416 e. The highest BCUT2D eigenvalue weighted by Gasteiger charge is 2.38. The molecule has 1 aliphatic heterocycles. The average molecular weight is 520 g/mol. The quantitative estimate of drug-likeness (QED) is 0.396. The number of carboxylic acids is 1. The summed E-state index contributed by atoms with van der Waals surface area (Å²) in [6, 6.07) is 7.51. The van der Waals surface area contributed by atoms with Gasteiger partial charge in [-0.2, -0.15) is 13.2 Å². The van der Waals surface area contributed by atoms with Gasteiger partial charge in [0.1, 0.15) is 0 Å². The topological polar surface area (TPSA) is 133 Å².